The molecule has 0 saturated carbocycles. The molecule has 0 spiro atoms. The quantitative estimate of drug-likeness (QED) is 0.658. The summed E-state index contributed by atoms with van der Waals surface area (Å²) in [4.78, 5) is 10.7. The molecule has 0 unspecified atom stereocenters. The van der Waals surface area contributed by atoms with Gasteiger partial charge in [0.2, 0.25) is 0 Å². The van der Waals surface area contributed by atoms with E-state index in [9.17, 15) is 10.1 Å². The van der Waals surface area contributed by atoms with Crippen LogP contribution < -0.4 is 10.1 Å². The van der Waals surface area contributed by atoms with Crippen LogP contribution >= 0.6 is 0 Å². The molecule has 1 heterocycles. The third-order valence-electron chi connectivity index (χ3n) is 3.19. The van der Waals surface area contributed by atoms with E-state index in [0.29, 0.717) is 18.4 Å². The topological polar surface area (TPSA) is 64.4 Å². The zero-order chi connectivity index (χ0) is 13.1. The monoisotopic (exact) mass is 250 g/mol. The number of hydrogen-bond acceptors (Lipinski definition) is 4. The van der Waals surface area contributed by atoms with Crippen molar-refractivity contribution in [2.45, 2.75) is 32.7 Å². The minimum atomic E-state index is -0.378. The predicted octanol–water partition coefficient (Wildman–Crippen LogP) is 2.34. The molecule has 1 aliphatic heterocycles. The number of ether oxygens (including phenoxy) is 1. The number of rotatable bonds is 4. The summed E-state index contributed by atoms with van der Waals surface area (Å²) >= 11 is 0. The first-order chi connectivity index (χ1) is 8.58. The molecular weight excluding hydrogens is 232 g/mol. The summed E-state index contributed by atoms with van der Waals surface area (Å²) in [6.07, 6.45) is 2.21. The molecule has 0 aromatic heterocycles. The Hall–Kier alpha value is -1.62. The van der Waals surface area contributed by atoms with Crippen molar-refractivity contribution < 1.29 is 9.66 Å². The van der Waals surface area contributed by atoms with Gasteiger partial charge in [0.25, 0.3) is 0 Å². The molecule has 0 amide bonds. The highest BCUT2D eigenvalue weighted by Gasteiger charge is 2.21. The van der Waals surface area contributed by atoms with Crippen LogP contribution in [0.3, 0.4) is 0 Å². The highest BCUT2D eigenvalue weighted by atomic mass is 16.6. The Bertz CT molecular complexity index is 454. The maximum Gasteiger partial charge on any atom is 0.311 e. The van der Waals surface area contributed by atoms with Gasteiger partial charge in [-0.1, -0.05) is 6.07 Å². The molecule has 18 heavy (non-hydrogen) atoms. The third kappa shape index (κ3) is 2.79. The molecule has 0 bridgehead atoms. The summed E-state index contributed by atoms with van der Waals surface area (Å²) in [6, 6.07) is 3.78. The van der Waals surface area contributed by atoms with E-state index in [1.165, 1.54) is 0 Å². The molecule has 2 rings (SSSR count). The Morgan fingerprint density at radius 2 is 2.28 bits per heavy atom. The maximum absolute atomic E-state index is 11.0. The van der Waals surface area contributed by atoms with E-state index in [0.717, 1.165) is 30.5 Å². The second-order valence-corrected chi connectivity index (χ2v) is 4.79. The van der Waals surface area contributed by atoms with E-state index in [-0.39, 0.29) is 10.6 Å². The Labute approximate surface area is 106 Å². The molecule has 1 atom stereocenters. The largest absolute Gasteiger partial charge is 0.485 e. The van der Waals surface area contributed by atoms with E-state index >= 15 is 0 Å². The van der Waals surface area contributed by atoms with Crippen LogP contribution in [0.25, 0.3) is 0 Å². The van der Waals surface area contributed by atoms with Gasteiger partial charge in [-0.2, -0.15) is 0 Å². The van der Waals surface area contributed by atoms with Gasteiger partial charge < -0.3 is 10.1 Å². The van der Waals surface area contributed by atoms with Crippen LogP contribution in [0.5, 0.6) is 5.75 Å². The van der Waals surface area contributed by atoms with Gasteiger partial charge in [0.05, 0.1) is 4.92 Å². The molecule has 5 nitrogen and oxygen atoms in total. The van der Waals surface area contributed by atoms with Crippen molar-refractivity contribution in [3.8, 4) is 5.75 Å². The number of benzene rings is 1. The first-order valence-corrected chi connectivity index (χ1v) is 6.19. The van der Waals surface area contributed by atoms with Crippen LogP contribution in [0.15, 0.2) is 12.1 Å². The fourth-order valence-electron chi connectivity index (χ4n) is 2.34. The smallest absolute Gasteiger partial charge is 0.311 e. The van der Waals surface area contributed by atoms with E-state index < -0.39 is 0 Å². The number of nitro benzene ring substituents is 1. The zero-order valence-electron chi connectivity index (χ0n) is 10.7. The lowest BCUT2D eigenvalue weighted by Gasteiger charge is -2.14. The van der Waals surface area contributed by atoms with Crippen molar-refractivity contribution in [2.24, 2.45) is 0 Å². The van der Waals surface area contributed by atoms with Crippen molar-refractivity contribution >= 4 is 5.69 Å². The normalized spacial score (nSPS) is 18.9. The lowest BCUT2D eigenvalue weighted by Crippen LogP contribution is -2.28. The summed E-state index contributed by atoms with van der Waals surface area (Å²) in [5.74, 6) is 0.402. The molecule has 5 heteroatoms. The maximum atomic E-state index is 11.0. The highest BCUT2D eigenvalue weighted by molar-refractivity contribution is 5.53. The van der Waals surface area contributed by atoms with Crippen molar-refractivity contribution in [3.63, 3.8) is 0 Å². The predicted molar refractivity (Wildman–Crippen MR) is 69.1 cm³/mol. The van der Waals surface area contributed by atoms with Crippen molar-refractivity contribution in [1.82, 2.24) is 5.32 Å². The Kier molecular flexibility index (Phi) is 3.81. The summed E-state index contributed by atoms with van der Waals surface area (Å²) in [7, 11) is 0. The van der Waals surface area contributed by atoms with Gasteiger partial charge >= 0.3 is 5.69 Å². The standard InChI is InChI=1S/C13H18N2O3/c1-9-6-10(2)13(12(7-9)15(16)17)18-8-11-4-3-5-14-11/h6-7,11,14H,3-5,8H2,1-2H3/t11-/m0/s1. The van der Waals surface area contributed by atoms with Crippen molar-refractivity contribution in [3.05, 3.63) is 33.4 Å². The fourth-order valence-corrected chi connectivity index (χ4v) is 2.34. The Balaban J connectivity index is 2.17. The molecule has 1 fully saturated rings. The van der Waals surface area contributed by atoms with Gasteiger partial charge in [-0.05, 0) is 44.4 Å². The van der Waals surface area contributed by atoms with Crippen LogP contribution in [-0.2, 0) is 0 Å². The van der Waals surface area contributed by atoms with E-state index in [4.69, 9.17) is 4.74 Å². The van der Waals surface area contributed by atoms with Crippen molar-refractivity contribution in [1.29, 1.82) is 0 Å². The average Bonchev–Trinajstić information content (AvgIpc) is 2.79. The van der Waals surface area contributed by atoms with Crippen LogP contribution in [0.4, 0.5) is 5.69 Å². The molecule has 1 saturated heterocycles. The van der Waals surface area contributed by atoms with Gasteiger partial charge in [0, 0.05) is 12.1 Å². The van der Waals surface area contributed by atoms with E-state index in [1.54, 1.807) is 6.07 Å². The summed E-state index contributed by atoms with van der Waals surface area (Å²) in [5.41, 5.74) is 1.76. The lowest BCUT2D eigenvalue weighted by atomic mass is 10.1. The van der Waals surface area contributed by atoms with Crippen LogP contribution in [0.1, 0.15) is 24.0 Å². The fraction of sp³-hybridized carbons (Fsp3) is 0.538. The molecule has 0 radical (unpaired) electrons. The first kappa shape index (κ1) is 12.8. The molecule has 1 aliphatic rings. The first-order valence-electron chi connectivity index (χ1n) is 6.19. The second kappa shape index (κ2) is 5.35. The number of hydrogen-bond donors (Lipinski definition) is 1. The van der Waals surface area contributed by atoms with Crippen LogP contribution in [0, 0.1) is 24.0 Å². The van der Waals surface area contributed by atoms with Gasteiger partial charge in [0.1, 0.15) is 6.61 Å². The molecule has 98 valence electrons. The SMILES string of the molecule is Cc1cc(C)c(OC[C@@H]2CCCN2)c([N+](=O)[O-])c1. The summed E-state index contributed by atoms with van der Waals surface area (Å²) < 4.78 is 5.66. The Morgan fingerprint density at radius 3 is 2.89 bits per heavy atom. The average molecular weight is 250 g/mol. The molecule has 1 N–H and O–H groups in total. The third-order valence-corrected chi connectivity index (χ3v) is 3.19. The number of nitrogens with zero attached hydrogens (tertiary/aromatic N) is 1. The molecule has 1 aromatic rings. The summed E-state index contributed by atoms with van der Waals surface area (Å²) in [6.45, 7) is 5.19. The molecular formula is C13H18N2O3. The van der Waals surface area contributed by atoms with Gasteiger partial charge in [-0.25, -0.2) is 0 Å². The lowest BCUT2D eigenvalue weighted by molar-refractivity contribution is -0.386. The number of nitro groups is 1. The minimum absolute atomic E-state index is 0.0606. The molecule has 1 aromatic carbocycles. The minimum Gasteiger partial charge on any atom is -0.485 e. The zero-order valence-corrected chi connectivity index (χ0v) is 10.7. The van der Waals surface area contributed by atoms with Crippen LogP contribution in [-0.4, -0.2) is 24.1 Å². The summed E-state index contributed by atoms with van der Waals surface area (Å²) in [5, 5.41) is 14.3. The van der Waals surface area contributed by atoms with E-state index in [1.807, 2.05) is 19.9 Å². The Morgan fingerprint density at radius 1 is 1.50 bits per heavy atom. The second-order valence-electron chi connectivity index (χ2n) is 4.79. The van der Waals surface area contributed by atoms with Gasteiger partial charge in [0.15, 0.2) is 5.75 Å². The number of nitrogens with one attached hydrogen (secondary N) is 1. The van der Waals surface area contributed by atoms with Gasteiger partial charge in [-0.3, -0.25) is 10.1 Å². The molecule has 0 aliphatic carbocycles. The van der Waals surface area contributed by atoms with Crippen LogP contribution in [0.2, 0.25) is 0 Å². The van der Waals surface area contributed by atoms with Crippen molar-refractivity contribution in [2.75, 3.05) is 13.2 Å². The van der Waals surface area contributed by atoms with E-state index in [2.05, 4.69) is 5.32 Å². The number of aryl methyl sites for hydroxylation is 2. The van der Waals surface area contributed by atoms with Gasteiger partial charge in [-0.15, -0.1) is 0 Å². The highest BCUT2D eigenvalue weighted by Crippen LogP contribution is 2.32.